The van der Waals surface area contributed by atoms with E-state index in [1.807, 2.05) is 19.2 Å². The van der Waals surface area contributed by atoms with E-state index < -0.39 is 0 Å². The summed E-state index contributed by atoms with van der Waals surface area (Å²) in [6.45, 7) is 1.21. The van der Waals surface area contributed by atoms with Gasteiger partial charge in [-0.2, -0.15) is 4.98 Å². The van der Waals surface area contributed by atoms with E-state index in [1.54, 1.807) is 12.4 Å². The first-order valence-electron chi connectivity index (χ1n) is 9.15. The van der Waals surface area contributed by atoms with Crippen molar-refractivity contribution in [2.24, 2.45) is 0 Å². The number of rotatable bonds is 6. The van der Waals surface area contributed by atoms with Crippen LogP contribution in [0.2, 0.25) is 0 Å². The van der Waals surface area contributed by atoms with E-state index in [4.69, 9.17) is 9.05 Å². The highest BCUT2D eigenvalue weighted by Gasteiger charge is 2.20. The molecule has 0 bridgehead atoms. The standard InChI is InChI=1S/C19H23N5O2/c1-24(12-16-11-17(22-25-16)14-5-3-2-4-6-14)13-18-21-19(23-26-18)15-7-9-20-10-8-15/h7-11,14H,2-6,12-13H2,1H3. The molecule has 7 nitrogen and oxygen atoms in total. The zero-order valence-electron chi connectivity index (χ0n) is 15.0. The van der Waals surface area contributed by atoms with Crippen LogP contribution >= 0.6 is 0 Å². The van der Waals surface area contributed by atoms with Gasteiger partial charge >= 0.3 is 0 Å². The van der Waals surface area contributed by atoms with Gasteiger partial charge in [-0.05, 0) is 32.0 Å². The summed E-state index contributed by atoms with van der Waals surface area (Å²) in [5, 5.41) is 8.32. The van der Waals surface area contributed by atoms with E-state index in [2.05, 4.69) is 31.2 Å². The van der Waals surface area contributed by atoms with Gasteiger partial charge in [0.1, 0.15) is 0 Å². The first-order valence-corrected chi connectivity index (χ1v) is 9.15. The number of nitrogens with zero attached hydrogens (tertiary/aromatic N) is 5. The molecule has 0 radical (unpaired) electrons. The van der Waals surface area contributed by atoms with Crippen LogP contribution in [0.3, 0.4) is 0 Å². The maximum absolute atomic E-state index is 5.54. The number of aromatic nitrogens is 4. The molecule has 7 heteroatoms. The first kappa shape index (κ1) is 16.9. The molecule has 3 aromatic rings. The van der Waals surface area contributed by atoms with Crippen molar-refractivity contribution in [3.8, 4) is 11.4 Å². The summed E-state index contributed by atoms with van der Waals surface area (Å²) >= 11 is 0. The zero-order chi connectivity index (χ0) is 17.8. The van der Waals surface area contributed by atoms with Crippen LogP contribution in [0.5, 0.6) is 0 Å². The lowest BCUT2D eigenvalue weighted by Crippen LogP contribution is -2.17. The van der Waals surface area contributed by atoms with Gasteiger partial charge < -0.3 is 9.05 Å². The highest BCUT2D eigenvalue weighted by atomic mass is 16.5. The van der Waals surface area contributed by atoms with Crippen LogP contribution in [-0.2, 0) is 13.1 Å². The van der Waals surface area contributed by atoms with E-state index in [-0.39, 0.29) is 0 Å². The van der Waals surface area contributed by atoms with Gasteiger partial charge in [0, 0.05) is 29.9 Å². The summed E-state index contributed by atoms with van der Waals surface area (Å²) in [5.74, 6) is 2.59. The van der Waals surface area contributed by atoms with Gasteiger partial charge in [0.2, 0.25) is 11.7 Å². The average molecular weight is 353 g/mol. The lowest BCUT2D eigenvalue weighted by molar-refractivity contribution is 0.232. The summed E-state index contributed by atoms with van der Waals surface area (Å²) in [7, 11) is 2.00. The maximum atomic E-state index is 5.54. The molecule has 0 N–H and O–H groups in total. The Bertz CT molecular complexity index is 823. The second kappa shape index (κ2) is 7.78. The van der Waals surface area contributed by atoms with E-state index in [0.717, 1.165) is 17.0 Å². The third kappa shape index (κ3) is 3.99. The SMILES string of the molecule is CN(Cc1cc(C2CCCCC2)no1)Cc1nc(-c2ccncc2)no1. The monoisotopic (exact) mass is 353 g/mol. The molecule has 0 atom stereocenters. The molecule has 0 amide bonds. The van der Waals surface area contributed by atoms with Crippen LogP contribution in [-0.4, -0.2) is 32.2 Å². The lowest BCUT2D eigenvalue weighted by atomic mass is 9.87. The molecule has 3 aromatic heterocycles. The summed E-state index contributed by atoms with van der Waals surface area (Å²) in [6.07, 6.45) is 9.81. The van der Waals surface area contributed by atoms with Gasteiger partial charge in [0.25, 0.3) is 0 Å². The molecule has 0 unspecified atom stereocenters. The molecule has 1 fully saturated rings. The van der Waals surface area contributed by atoms with Gasteiger partial charge in [-0.3, -0.25) is 9.88 Å². The summed E-state index contributed by atoms with van der Waals surface area (Å²) in [5.41, 5.74) is 2.00. The minimum Gasteiger partial charge on any atom is -0.360 e. The Labute approximate surface area is 152 Å². The molecular weight excluding hydrogens is 330 g/mol. The molecule has 0 aliphatic heterocycles. The Morgan fingerprint density at radius 1 is 1.04 bits per heavy atom. The van der Waals surface area contributed by atoms with Crippen LogP contribution in [0.4, 0.5) is 0 Å². The molecule has 0 saturated heterocycles. The van der Waals surface area contributed by atoms with Gasteiger partial charge in [-0.15, -0.1) is 0 Å². The number of hydrogen-bond acceptors (Lipinski definition) is 7. The minimum absolute atomic E-state index is 0.553. The first-order chi connectivity index (χ1) is 12.8. The predicted molar refractivity (Wildman–Crippen MR) is 95.0 cm³/mol. The predicted octanol–water partition coefficient (Wildman–Crippen LogP) is 3.80. The molecule has 1 saturated carbocycles. The van der Waals surface area contributed by atoms with Crippen LogP contribution < -0.4 is 0 Å². The van der Waals surface area contributed by atoms with E-state index in [9.17, 15) is 0 Å². The van der Waals surface area contributed by atoms with Gasteiger partial charge in [0.15, 0.2) is 5.76 Å². The van der Waals surface area contributed by atoms with Crippen LogP contribution in [0, 0.1) is 0 Å². The lowest BCUT2D eigenvalue weighted by Gasteiger charge is -2.18. The van der Waals surface area contributed by atoms with Gasteiger partial charge in [-0.25, -0.2) is 0 Å². The molecule has 0 aromatic carbocycles. The van der Waals surface area contributed by atoms with Crippen molar-refractivity contribution in [2.45, 2.75) is 51.1 Å². The fraction of sp³-hybridized carbons (Fsp3) is 0.474. The summed E-state index contributed by atoms with van der Waals surface area (Å²) < 4.78 is 10.9. The quantitative estimate of drug-likeness (QED) is 0.666. The highest BCUT2D eigenvalue weighted by molar-refractivity contribution is 5.52. The maximum Gasteiger partial charge on any atom is 0.241 e. The van der Waals surface area contributed by atoms with Gasteiger partial charge in [-0.1, -0.05) is 29.6 Å². The average Bonchev–Trinajstić information content (AvgIpc) is 3.33. The second-order valence-electron chi connectivity index (χ2n) is 6.97. The Hall–Kier alpha value is -2.54. The van der Waals surface area contributed by atoms with Crippen LogP contribution in [0.1, 0.15) is 55.4 Å². The summed E-state index contributed by atoms with van der Waals surface area (Å²) in [4.78, 5) is 10.5. The normalized spacial score (nSPS) is 15.6. The summed E-state index contributed by atoms with van der Waals surface area (Å²) in [6, 6.07) is 5.82. The van der Waals surface area contributed by atoms with Crippen LogP contribution in [0.15, 0.2) is 39.6 Å². The Morgan fingerprint density at radius 3 is 2.65 bits per heavy atom. The van der Waals surface area contributed by atoms with E-state index in [0.29, 0.717) is 30.7 Å². The highest BCUT2D eigenvalue weighted by Crippen LogP contribution is 2.32. The molecule has 1 aliphatic rings. The van der Waals surface area contributed by atoms with Crippen molar-refractivity contribution < 1.29 is 9.05 Å². The Morgan fingerprint density at radius 2 is 1.85 bits per heavy atom. The largest absolute Gasteiger partial charge is 0.360 e. The molecule has 136 valence electrons. The third-order valence-electron chi connectivity index (χ3n) is 4.84. The van der Waals surface area contributed by atoms with Gasteiger partial charge in [0.05, 0.1) is 18.8 Å². The fourth-order valence-electron chi connectivity index (χ4n) is 3.48. The second-order valence-corrected chi connectivity index (χ2v) is 6.97. The van der Waals surface area contributed by atoms with Crippen molar-refractivity contribution >= 4 is 0 Å². The van der Waals surface area contributed by atoms with Crippen LogP contribution in [0.25, 0.3) is 11.4 Å². The third-order valence-corrected chi connectivity index (χ3v) is 4.84. The van der Waals surface area contributed by atoms with E-state index in [1.165, 1.54) is 32.1 Å². The fourth-order valence-corrected chi connectivity index (χ4v) is 3.48. The number of pyridine rings is 1. The molecule has 3 heterocycles. The molecule has 4 rings (SSSR count). The number of hydrogen-bond donors (Lipinski definition) is 0. The van der Waals surface area contributed by atoms with Crippen molar-refractivity contribution in [1.29, 1.82) is 0 Å². The molecule has 0 spiro atoms. The van der Waals surface area contributed by atoms with Crippen molar-refractivity contribution in [2.75, 3.05) is 7.05 Å². The smallest absolute Gasteiger partial charge is 0.241 e. The Balaban J connectivity index is 1.35. The molecular formula is C19H23N5O2. The molecule has 26 heavy (non-hydrogen) atoms. The topological polar surface area (TPSA) is 81.1 Å². The Kier molecular flexibility index (Phi) is 5.06. The van der Waals surface area contributed by atoms with Crippen molar-refractivity contribution in [3.63, 3.8) is 0 Å². The van der Waals surface area contributed by atoms with Crippen molar-refractivity contribution in [1.82, 2.24) is 25.2 Å². The van der Waals surface area contributed by atoms with E-state index >= 15 is 0 Å². The zero-order valence-corrected chi connectivity index (χ0v) is 15.0. The molecule has 1 aliphatic carbocycles. The minimum atomic E-state index is 0.553. The van der Waals surface area contributed by atoms with Crippen molar-refractivity contribution in [3.05, 3.63) is 47.9 Å².